The first kappa shape index (κ1) is 15.4. The van der Waals surface area contributed by atoms with Gasteiger partial charge in [0, 0.05) is 18.8 Å². The molecule has 1 N–H and O–H groups in total. The fourth-order valence-corrected chi connectivity index (χ4v) is 2.69. The number of hydrogen-bond acceptors (Lipinski definition) is 3. The third-order valence-electron chi connectivity index (χ3n) is 3.57. The fourth-order valence-electron chi connectivity index (χ4n) is 2.69. The molecule has 5 nitrogen and oxygen atoms in total. The Morgan fingerprint density at radius 1 is 1.33 bits per heavy atom. The number of fused-ring (bicyclic) bond motifs is 1. The molecule has 114 valence electrons. The molecular weight excluding hydrogens is 268 g/mol. The molecule has 21 heavy (non-hydrogen) atoms. The Hall–Kier alpha value is -2.04. The molecule has 0 unspecified atom stereocenters. The number of amides is 1. The van der Waals surface area contributed by atoms with Crippen molar-refractivity contribution in [2.45, 2.75) is 20.3 Å². The zero-order valence-electron chi connectivity index (χ0n) is 12.6. The first-order chi connectivity index (χ1) is 9.97. The minimum atomic E-state index is -0.967. The van der Waals surface area contributed by atoms with Crippen LogP contribution in [0.2, 0.25) is 0 Å². The molecule has 1 aliphatic rings. The van der Waals surface area contributed by atoms with Crippen molar-refractivity contribution < 1.29 is 14.7 Å². The molecule has 1 heterocycles. The number of rotatable bonds is 6. The van der Waals surface area contributed by atoms with Crippen LogP contribution in [0.3, 0.4) is 0 Å². The lowest BCUT2D eigenvalue weighted by Crippen LogP contribution is -2.44. The molecule has 0 atom stereocenters. The second-order valence-electron chi connectivity index (χ2n) is 5.86. The summed E-state index contributed by atoms with van der Waals surface area (Å²) in [5.41, 5.74) is 2.34. The minimum Gasteiger partial charge on any atom is -0.480 e. The number of hydrogen-bond donors (Lipinski definition) is 1. The van der Waals surface area contributed by atoms with Crippen molar-refractivity contribution in [2.24, 2.45) is 5.92 Å². The molecule has 0 bridgehead atoms. The SMILES string of the molecule is CC(C)CN(CC(=O)O)C(=O)CN1CCc2ccccc21. The number of carboxylic acids is 1. The van der Waals surface area contributed by atoms with Crippen LogP contribution in [0.15, 0.2) is 24.3 Å². The maximum atomic E-state index is 12.4. The number of nitrogens with zero attached hydrogens (tertiary/aromatic N) is 2. The van der Waals surface area contributed by atoms with E-state index in [1.165, 1.54) is 10.5 Å². The number of benzene rings is 1. The van der Waals surface area contributed by atoms with Crippen molar-refractivity contribution in [2.75, 3.05) is 31.1 Å². The van der Waals surface area contributed by atoms with Crippen molar-refractivity contribution in [3.63, 3.8) is 0 Å². The van der Waals surface area contributed by atoms with E-state index in [1.807, 2.05) is 36.9 Å². The molecule has 0 spiro atoms. The Morgan fingerprint density at radius 2 is 2.05 bits per heavy atom. The third kappa shape index (κ3) is 3.97. The average Bonchev–Trinajstić information content (AvgIpc) is 2.80. The Kier molecular flexibility index (Phi) is 4.83. The van der Waals surface area contributed by atoms with E-state index in [2.05, 4.69) is 6.07 Å². The van der Waals surface area contributed by atoms with Crippen molar-refractivity contribution in [1.29, 1.82) is 0 Å². The summed E-state index contributed by atoms with van der Waals surface area (Å²) in [6.07, 6.45) is 0.937. The summed E-state index contributed by atoms with van der Waals surface area (Å²) in [5, 5.41) is 8.96. The molecule has 0 radical (unpaired) electrons. The summed E-state index contributed by atoms with van der Waals surface area (Å²) < 4.78 is 0. The molecule has 0 fully saturated rings. The van der Waals surface area contributed by atoms with E-state index in [-0.39, 0.29) is 24.9 Å². The van der Waals surface area contributed by atoms with Gasteiger partial charge in [0.2, 0.25) is 5.91 Å². The maximum absolute atomic E-state index is 12.4. The lowest BCUT2D eigenvalue weighted by molar-refractivity contribution is -0.144. The quantitative estimate of drug-likeness (QED) is 0.865. The van der Waals surface area contributed by atoms with Gasteiger partial charge in [-0.25, -0.2) is 0 Å². The van der Waals surface area contributed by atoms with Gasteiger partial charge >= 0.3 is 5.97 Å². The van der Waals surface area contributed by atoms with Crippen molar-refractivity contribution >= 4 is 17.6 Å². The van der Waals surface area contributed by atoms with Gasteiger partial charge in [-0.3, -0.25) is 9.59 Å². The van der Waals surface area contributed by atoms with Crippen molar-refractivity contribution in [3.05, 3.63) is 29.8 Å². The van der Waals surface area contributed by atoms with E-state index < -0.39 is 5.97 Å². The molecule has 1 aliphatic heterocycles. The first-order valence-electron chi connectivity index (χ1n) is 7.29. The predicted octanol–water partition coefficient (Wildman–Crippen LogP) is 1.62. The summed E-state index contributed by atoms with van der Waals surface area (Å²) in [6.45, 7) is 5.26. The summed E-state index contributed by atoms with van der Waals surface area (Å²) in [4.78, 5) is 26.8. The normalized spacial score (nSPS) is 13.4. The van der Waals surface area contributed by atoms with Gasteiger partial charge in [-0.15, -0.1) is 0 Å². The Morgan fingerprint density at radius 3 is 2.71 bits per heavy atom. The van der Waals surface area contributed by atoms with Crippen LogP contribution >= 0.6 is 0 Å². The molecular formula is C16H22N2O3. The van der Waals surface area contributed by atoms with Gasteiger partial charge in [0.05, 0.1) is 6.54 Å². The number of carboxylic acid groups (broad SMARTS) is 1. The number of anilines is 1. The topological polar surface area (TPSA) is 60.9 Å². The van der Waals surface area contributed by atoms with Gasteiger partial charge in [-0.2, -0.15) is 0 Å². The van der Waals surface area contributed by atoms with Gasteiger partial charge in [0.15, 0.2) is 0 Å². The van der Waals surface area contributed by atoms with Gasteiger partial charge < -0.3 is 14.9 Å². The summed E-state index contributed by atoms with van der Waals surface area (Å²) in [7, 11) is 0. The van der Waals surface area contributed by atoms with Gasteiger partial charge in [-0.05, 0) is 24.0 Å². The molecule has 5 heteroatoms. The largest absolute Gasteiger partial charge is 0.480 e. The third-order valence-corrected chi connectivity index (χ3v) is 3.57. The highest BCUT2D eigenvalue weighted by atomic mass is 16.4. The smallest absolute Gasteiger partial charge is 0.323 e. The molecule has 0 aromatic heterocycles. The Labute approximate surface area is 125 Å². The zero-order chi connectivity index (χ0) is 15.4. The number of para-hydroxylation sites is 1. The monoisotopic (exact) mass is 290 g/mol. The number of carbonyl (C=O) groups is 2. The molecule has 1 aromatic rings. The second-order valence-corrected chi connectivity index (χ2v) is 5.86. The van der Waals surface area contributed by atoms with Crippen LogP contribution in [0, 0.1) is 5.92 Å². The van der Waals surface area contributed by atoms with Crippen LogP contribution in [0.25, 0.3) is 0 Å². The molecule has 1 aromatic carbocycles. The van der Waals surface area contributed by atoms with Crippen LogP contribution in [0.5, 0.6) is 0 Å². The van der Waals surface area contributed by atoms with E-state index in [9.17, 15) is 9.59 Å². The summed E-state index contributed by atoms with van der Waals surface area (Å²) in [6, 6.07) is 8.05. The van der Waals surface area contributed by atoms with Crippen LogP contribution in [0.4, 0.5) is 5.69 Å². The maximum Gasteiger partial charge on any atom is 0.323 e. The van der Waals surface area contributed by atoms with Crippen molar-refractivity contribution in [1.82, 2.24) is 4.90 Å². The van der Waals surface area contributed by atoms with E-state index in [0.717, 1.165) is 18.7 Å². The van der Waals surface area contributed by atoms with Crippen LogP contribution in [0.1, 0.15) is 19.4 Å². The second kappa shape index (κ2) is 6.61. The highest BCUT2D eigenvalue weighted by Gasteiger charge is 2.24. The predicted molar refractivity (Wildman–Crippen MR) is 81.4 cm³/mol. The average molecular weight is 290 g/mol. The minimum absolute atomic E-state index is 0.122. The van der Waals surface area contributed by atoms with Crippen LogP contribution in [-0.4, -0.2) is 48.1 Å². The van der Waals surface area contributed by atoms with E-state index in [0.29, 0.717) is 6.54 Å². The lowest BCUT2D eigenvalue weighted by Gasteiger charge is -2.26. The lowest BCUT2D eigenvalue weighted by atomic mass is 10.2. The Bertz CT molecular complexity index is 528. The van der Waals surface area contributed by atoms with Gasteiger partial charge in [0.1, 0.15) is 6.54 Å². The molecule has 0 saturated heterocycles. The standard InChI is InChI=1S/C16H22N2O3/c1-12(2)9-18(11-16(20)21)15(19)10-17-8-7-13-5-3-4-6-14(13)17/h3-6,12H,7-11H2,1-2H3,(H,20,21). The fraction of sp³-hybridized carbons (Fsp3) is 0.500. The molecule has 0 saturated carbocycles. The number of carbonyl (C=O) groups excluding carboxylic acids is 1. The van der Waals surface area contributed by atoms with Crippen molar-refractivity contribution in [3.8, 4) is 0 Å². The van der Waals surface area contributed by atoms with Crippen LogP contribution < -0.4 is 4.90 Å². The highest BCUT2D eigenvalue weighted by Crippen LogP contribution is 2.27. The van der Waals surface area contributed by atoms with E-state index in [4.69, 9.17) is 5.11 Å². The van der Waals surface area contributed by atoms with E-state index >= 15 is 0 Å². The molecule has 2 rings (SSSR count). The Balaban J connectivity index is 2.04. The first-order valence-corrected chi connectivity index (χ1v) is 7.29. The highest BCUT2D eigenvalue weighted by molar-refractivity contribution is 5.85. The van der Waals surface area contributed by atoms with Gasteiger partial charge in [0.25, 0.3) is 0 Å². The number of aliphatic carboxylic acids is 1. The molecule has 0 aliphatic carbocycles. The zero-order valence-corrected chi connectivity index (χ0v) is 12.6. The van der Waals surface area contributed by atoms with E-state index in [1.54, 1.807) is 0 Å². The molecule has 1 amide bonds. The van der Waals surface area contributed by atoms with Gasteiger partial charge in [-0.1, -0.05) is 32.0 Å². The summed E-state index contributed by atoms with van der Waals surface area (Å²) >= 11 is 0. The summed E-state index contributed by atoms with van der Waals surface area (Å²) in [5.74, 6) is -0.840. The van der Waals surface area contributed by atoms with Crippen LogP contribution in [-0.2, 0) is 16.0 Å².